The molecule has 0 fully saturated rings. The van der Waals surface area contributed by atoms with Crippen molar-refractivity contribution < 1.29 is 9.59 Å². The van der Waals surface area contributed by atoms with Crippen molar-refractivity contribution in [3.63, 3.8) is 0 Å². The van der Waals surface area contributed by atoms with Gasteiger partial charge in [0.1, 0.15) is 11.4 Å². The van der Waals surface area contributed by atoms with Crippen molar-refractivity contribution in [1.29, 1.82) is 0 Å². The first kappa shape index (κ1) is 17.3. The van der Waals surface area contributed by atoms with Crippen molar-refractivity contribution in [1.82, 2.24) is 9.97 Å². The number of rotatable bonds is 4. The smallest absolute Gasteiger partial charge is 0.274 e. The van der Waals surface area contributed by atoms with Crippen LogP contribution in [0, 0.1) is 13.8 Å². The maximum atomic E-state index is 12.3. The second kappa shape index (κ2) is 7.57. The monoisotopic (exact) mass is 346 g/mol. The highest BCUT2D eigenvalue weighted by molar-refractivity contribution is 6.05. The SMILES string of the molecule is Cc1cc(NC(=O)c2ccccn2)c(C)cc1NC(=O)c1ccccn1. The Balaban J connectivity index is 1.78. The minimum absolute atomic E-state index is 0.279. The Morgan fingerprint density at radius 3 is 1.50 bits per heavy atom. The van der Waals surface area contributed by atoms with Crippen LogP contribution < -0.4 is 10.6 Å². The number of nitrogens with one attached hydrogen (secondary N) is 2. The van der Waals surface area contributed by atoms with Crippen LogP contribution in [-0.2, 0) is 0 Å². The number of carbonyl (C=O) groups excluding carboxylic acids is 2. The van der Waals surface area contributed by atoms with Crippen LogP contribution >= 0.6 is 0 Å². The molecule has 130 valence electrons. The third-order valence-electron chi connectivity index (χ3n) is 3.86. The predicted molar refractivity (Wildman–Crippen MR) is 100 cm³/mol. The standard InChI is InChI=1S/C20H18N4O2/c1-13-11-18(24-20(26)16-8-4-6-10-22-16)14(2)12-17(13)23-19(25)15-7-3-5-9-21-15/h3-12H,1-2H3,(H,23,25)(H,24,26). The number of hydrogen-bond acceptors (Lipinski definition) is 4. The van der Waals surface area contributed by atoms with Crippen molar-refractivity contribution in [2.75, 3.05) is 10.6 Å². The predicted octanol–water partition coefficient (Wildman–Crippen LogP) is 3.60. The van der Waals surface area contributed by atoms with Crippen LogP contribution in [0.5, 0.6) is 0 Å². The lowest BCUT2D eigenvalue weighted by molar-refractivity contribution is 0.101. The molecule has 1 aromatic carbocycles. The largest absolute Gasteiger partial charge is 0.320 e. The van der Waals surface area contributed by atoms with Crippen LogP contribution in [0.25, 0.3) is 0 Å². The van der Waals surface area contributed by atoms with E-state index in [1.165, 1.54) is 0 Å². The van der Waals surface area contributed by atoms with Gasteiger partial charge in [-0.2, -0.15) is 0 Å². The van der Waals surface area contributed by atoms with Crippen molar-refractivity contribution in [2.45, 2.75) is 13.8 Å². The minimum atomic E-state index is -0.279. The number of carbonyl (C=O) groups is 2. The Morgan fingerprint density at radius 1 is 0.731 bits per heavy atom. The average Bonchev–Trinajstić information content (AvgIpc) is 2.67. The first-order chi connectivity index (χ1) is 12.5. The highest BCUT2D eigenvalue weighted by Crippen LogP contribution is 2.25. The maximum absolute atomic E-state index is 12.3. The Bertz CT molecular complexity index is 862. The van der Waals surface area contributed by atoms with Gasteiger partial charge in [0.05, 0.1) is 0 Å². The van der Waals surface area contributed by atoms with E-state index in [9.17, 15) is 9.59 Å². The number of amides is 2. The van der Waals surface area contributed by atoms with E-state index in [-0.39, 0.29) is 11.8 Å². The molecule has 0 aliphatic carbocycles. The van der Waals surface area contributed by atoms with Crippen LogP contribution in [-0.4, -0.2) is 21.8 Å². The molecule has 6 nitrogen and oxygen atoms in total. The Morgan fingerprint density at radius 2 is 1.15 bits per heavy atom. The fourth-order valence-electron chi connectivity index (χ4n) is 2.45. The molecule has 2 N–H and O–H groups in total. The number of aryl methyl sites for hydroxylation is 2. The van der Waals surface area contributed by atoms with E-state index in [4.69, 9.17) is 0 Å². The molecule has 6 heteroatoms. The minimum Gasteiger partial charge on any atom is -0.320 e. The van der Waals surface area contributed by atoms with E-state index in [0.29, 0.717) is 22.8 Å². The van der Waals surface area contributed by atoms with E-state index >= 15 is 0 Å². The zero-order valence-corrected chi connectivity index (χ0v) is 14.5. The third kappa shape index (κ3) is 3.92. The second-order valence-electron chi connectivity index (χ2n) is 5.82. The summed E-state index contributed by atoms with van der Waals surface area (Å²) in [6, 6.07) is 14.0. The molecule has 0 saturated heterocycles. The zero-order valence-electron chi connectivity index (χ0n) is 14.5. The lowest BCUT2D eigenvalue weighted by Gasteiger charge is -2.14. The van der Waals surface area contributed by atoms with Gasteiger partial charge >= 0.3 is 0 Å². The van der Waals surface area contributed by atoms with E-state index < -0.39 is 0 Å². The molecule has 0 bridgehead atoms. The van der Waals surface area contributed by atoms with Crippen LogP contribution in [0.1, 0.15) is 32.1 Å². The molecule has 0 spiro atoms. The van der Waals surface area contributed by atoms with Gasteiger partial charge in [0.25, 0.3) is 11.8 Å². The van der Waals surface area contributed by atoms with E-state index in [1.54, 1.807) is 48.8 Å². The summed E-state index contributed by atoms with van der Waals surface area (Å²) in [5.74, 6) is -0.559. The Hall–Kier alpha value is -3.54. The zero-order chi connectivity index (χ0) is 18.5. The summed E-state index contributed by atoms with van der Waals surface area (Å²) in [7, 11) is 0. The number of pyridine rings is 2. The normalized spacial score (nSPS) is 10.2. The molecule has 0 aliphatic heterocycles. The first-order valence-corrected chi connectivity index (χ1v) is 8.10. The molecule has 26 heavy (non-hydrogen) atoms. The molecule has 3 aromatic rings. The van der Waals surface area contributed by atoms with Crippen molar-refractivity contribution in [3.8, 4) is 0 Å². The first-order valence-electron chi connectivity index (χ1n) is 8.10. The van der Waals surface area contributed by atoms with Crippen molar-refractivity contribution >= 4 is 23.2 Å². The quantitative estimate of drug-likeness (QED) is 0.756. The van der Waals surface area contributed by atoms with Crippen LogP contribution in [0.4, 0.5) is 11.4 Å². The van der Waals surface area contributed by atoms with Gasteiger partial charge in [-0.25, -0.2) is 0 Å². The van der Waals surface area contributed by atoms with E-state index in [0.717, 1.165) is 11.1 Å². The number of hydrogen-bond donors (Lipinski definition) is 2. The summed E-state index contributed by atoms with van der Waals surface area (Å²) in [6.45, 7) is 3.73. The fraction of sp³-hybridized carbons (Fsp3) is 0.100. The van der Waals surface area contributed by atoms with Gasteiger partial charge in [-0.05, 0) is 61.4 Å². The summed E-state index contributed by atoms with van der Waals surface area (Å²) in [5.41, 5.74) is 3.70. The molecule has 0 atom stereocenters. The highest BCUT2D eigenvalue weighted by atomic mass is 16.2. The number of anilines is 2. The molecule has 0 unspecified atom stereocenters. The van der Waals surface area contributed by atoms with Crippen LogP contribution in [0.15, 0.2) is 60.9 Å². The maximum Gasteiger partial charge on any atom is 0.274 e. The Kier molecular flexibility index (Phi) is 5.03. The molecule has 2 aromatic heterocycles. The Labute approximate surface area is 151 Å². The van der Waals surface area contributed by atoms with Gasteiger partial charge in [0.15, 0.2) is 0 Å². The number of aromatic nitrogens is 2. The molecule has 0 aliphatic rings. The van der Waals surface area contributed by atoms with Crippen LogP contribution in [0.2, 0.25) is 0 Å². The molecule has 0 radical (unpaired) electrons. The summed E-state index contributed by atoms with van der Waals surface area (Å²) < 4.78 is 0. The summed E-state index contributed by atoms with van der Waals surface area (Å²) >= 11 is 0. The van der Waals surface area contributed by atoms with Crippen molar-refractivity contribution in [3.05, 3.63) is 83.4 Å². The van der Waals surface area contributed by atoms with Gasteiger partial charge in [0, 0.05) is 23.8 Å². The molecule has 2 heterocycles. The average molecular weight is 346 g/mol. The van der Waals surface area contributed by atoms with Crippen LogP contribution in [0.3, 0.4) is 0 Å². The van der Waals surface area contributed by atoms with Gasteiger partial charge in [-0.1, -0.05) is 12.1 Å². The molecular weight excluding hydrogens is 328 g/mol. The van der Waals surface area contributed by atoms with Gasteiger partial charge in [-0.15, -0.1) is 0 Å². The summed E-state index contributed by atoms with van der Waals surface area (Å²) in [5, 5.41) is 5.71. The highest BCUT2D eigenvalue weighted by Gasteiger charge is 2.13. The summed E-state index contributed by atoms with van der Waals surface area (Å²) in [6.07, 6.45) is 3.15. The molecule has 0 saturated carbocycles. The third-order valence-corrected chi connectivity index (χ3v) is 3.86. The number of benzene rings is 1. The fourth-order valence-corrected chi connectivity index (χ4v) is 2.45. The lowest BCUT2D eigenvalue weighted by Crippen LogP contribution is -2.16. The summed E-state index contributed by atoms with van der Waals surface area (Å²) in [4.78, 5) is 32.6. The number of nitrogens with zero attached hydrogens (tertiary/aromatic N) is 2. The van der Waals surface area contributed by atoms with Gasteiger partial charge in [0.2, 0.25) is 0 Å². The lowest BCUT2D eigenvalue weighted by atomic mass is 10.1. The van der Waals surface area contributed by atoms with E-state index in [2.05, 4.69) is 20.6 Å². The molecule has 2 amide bonds. The van der Waals surface area contributed by atoms with Crippen molar-refractivity contribution in [2.24, 2.45) is 0 Å². The molecule has 3 rings (SSSR count). The van der Waals surface area contributed by atoms with Gasteiger partial charge < -0.3 is 10.6 Å². The van der Waals surface area contributed by atoms with E-state index in [1.807, 2.05) is 26.0 Å². The molecular formula is C20H18N4O2. The topological polar surface area (TPSA) is 84.0 Å². The van der Waals surface area contributed by atoms with Gasteiger partial charge in [-0.3, -0.25) is 19.6 Å². The second-order valence-corrected chi connectivity index (χ2v) is 5.82.